The van der Waals surface area contributed by atoms with Gasteiger partial charge in [0.1, 0.15) is 0 Å². The first kappa shape index (κ1) is 14.2. The molecule has 2 fully saturated rings. The Morgan fingerprint density at radius 3 is 2.73 bits per heavy atom. The number of ether oxygens (including phenoxy) is 1. The van der Waals surface area contributed by atoms with Crippen LogP contribution in [0.4, 0.5) is 0 Å². The summed E-state index contributed by atoms with van der Waals surface area (Å²) < 4.78 is 7.74. The van der Waals surface area contributed by atoms with Crippen LogP contribution in [0.25, 0.3) is 10.9 Å². The molecule has 1 aromatic carbocycles. The van der Waals surface area contributed by atoms with Crippen LogP contribution < -0.4 is 5.46 Å². The molecule has 0 amide bonds. The van der Waals surface area contributed by atoms with E-state index in [2.05, 4.69) is 18.1 Å². The van der Waals surface area contributed by atoms with Crippen molar-refractivity contribution in [3.05, 3.63) is 23.4 Å². The van der Waals surface area contributed by atoms with Gasteiger partial charge in [0.05, 0.1) is 11.7 Å². The zero-order valence-corrected chi connectivity index (χ0v) is 12.8. The number of nitrogens with zero attached hydrogens (tertiary/aromatic N) is 2. The van der Waals surface area contributed by atoms with Crippen molar-refractivity contribution in [2.75, 3.05) is 6.61 Å². The molecule has 5 nitrogen and oxygen atoms in total. The van der Waals surface area contributed by atoms with E-state index in [1.165, 1.54) is 0 Å². The van der Waals surface area contributed by atoms with Crippen molar-refractivity contribution < 1.29 is 14.8 Å². The van der Waals surface area contributed by atoms with Gasteiger partial charge in [-0.3, -0.25) is 0 Å². The fraction of sp³-hybridized carbons (Fsp3) is 0.562. The molecular formula is C16H21BN2O3. The van der Waals surface area contributed by atoms with Crippen LogP contribution >= 0.6 is 0 Å². The van der Waals surface area contributed by atoms with Crippen molar-refractivity contribution in [3.8, 4) is 0 Å². The Morgan fingerprint density at radius 2 is 2.09 bits per heavy atom. The Bertz CT molecular complexity index is 703. The third kappa shape index (κ3) is 2.26. The lowest BCUT2D eigenvalue weighted by Crippen LogP contribution is -2.34. The molecule has 2 aromatic rings. The topological polar surface area (TPSA) is 67.5 Å². The Balaban J connectivity index is 1.88. The van der Waals surface area contributed by atoms with Gasteiger partial charge in [-0.2, -0.15) is 5.10 Å². The second-order valence-electron chi connectivity index (χ2n) is 6.51. The van der Waals surface area contributed by atoms with Crippen molar-refractivity contribution >= 4 is 23.5 Å². The third-order valence-electron chi connectivity index (χ3n) is 4.86. The van der Waals surface area contributed by atoms with E-state index in [9.17, 15) is 10.0 Å². The molecule has 2 heterocycles. The fourth-order valence-electron chi connectivity index (χ4n) is 3.70. The van der Waals surface area contributed by atoms with Crippen LogP contribution in [0.5, 0.6) is 0 Å². The second kappa shape index (κ2) is 5.37. The van der Waals surface area contributed by atoms with Crippen LogP contribution in [0, 0.1) is 6.92 Å². The number of benzene rings is 1. The van der Waals surface area contributed by atoms with E-state index in [1.807, 2.05) is 4.68 Å². The van der Waals surface area contributed by atoms with Gasteiger partial charge in [0, 0.05) is 12.0 Å². The van der Waals surface area contributed by atoms with Gasteiger partial charge in [-0.05, 0) is 67.6 Å². The number of fused-ring (bicyclic) bond motifs is 1. The molecule has 0 bridgehead atoms. The van der Waals surface area contributed by atoms with Crippen LogP contribution in [0.1, 0.15) is 55.4 Å². The van der Waals surface area contributed by atoms with E-state index < -0.39 is 7.12 Å². The van der Waals surface area contributed by atoms with E-state index in [-0.39, 0.29) is 6.23 Å². The van der Waals surface area contributed by atoms with Gasteiger partial charge in [0.25, 0.3) is 0 Å². The van der Waals surface area contributed by atoms with Gasteiger partial charge < -0.3 is 14.8 Å². The molecule has 1 unspecified atom stereocenters. The second-order valence-corrected chi connectivity index (χ2v) is 6.51. The maximum absolute atomic E-state index is 9.91. The van der Waals surface area contributed by atoms with Crippen LogP contribution in [0.2, 0.25) is 0 Å². The van der Waals surface area contributed by atoms with E-state index in [1.54, 1.807) is 6.20 Å². The first-order valence-electron chi connectivity index (χ1n) is 8.15. The normalized spacial score (nSPS) is 22.2. The molecule has 1 aliphatic carbocycles. The summed E-state index contributed by atoms with van der Waals surface area (Å²) in [5, 5.41) is 25.2. The molecule has 4 rings (SSSR count). The highest BCUT2D eigenvalue weighted by atomic mass is 16.5. The van der Waals surface area contributed by atoms with Gasteiger partial charge in [-0.1, -0.05) is 0 Å². The zero-order valence-electron chi connectivity index (χ0n) is 12.8. The number of rotatable bonds is 3. The first-order valence-corrected chi connectivity index (χ1v) is 8.15. The van der Waals surface area contributed by atoms with Crippen LogP contribution in [-0.2, 0) is 4.74 Å². The molecular weight excluding hydrogens is 279 g/mol. The summed E-state index contributed by atoms with van der Waals surface area (Å²) in [6, 6.07) is 2.12. The van der Waals surface area contributed by atoms with E-state index in [0.717, 1.165) is 60.7 Å². The third-order valence-corrected chi connectivity index (χ3v) is 4.86. The predicted octanol–water partition coefficient (Wildman–Crippen LogP) is 1.60. The summed E-state index contributed by atoms with van der Waals surface area (Å²) in [7, 11) is -1.46. The lowest BCUT2D eigenvalue weighted by molar-refractivity contribution is -0.0366. The molecule has 2 aliphatic rings. The lowest BCUT2D eigenvalue weighted by atomic mass is 9.72. The standard InChI is InChI=1S/C16H21BN2O3/c1-10-8-13-12(16(17(20)21)15(10)11-5-6-11)9-18-19(13)14-4-2-3-7-22-14/h8-9,11,14,20-21H,2-7H2,1H3. The minimum absolute atomic E-state index is 0.0406. The maximum Gasteiger partial charge on any atom is 0.489 e. The minimum atomic E-state index is -1.46. The summed E-state index contributed by atoms with van der Waals surface area (Å²) >= 11 is 0. The quantitative estimate of drug-likeness (QED) is 0.845. The average Bonchev–Trinajstić information content (AvgIpc) is 3.26. The molecule has 6 heteroatoms. The highest BCUT2D eigenvalue weighted by Gasteiger charge is 2.33. The molecule has 1 aromatic heterocycles. The number of hydrogen-bond donors (Lipinski definition) is 2. The van der Waals surface area contributed by atoms with Crippen molar-refractivity contribution in [2.45, 2.75) is 51.2 Å². The molecule has 0 radical (unpaired) electrons. The number of aromatic nitrogens is 2. The Hall–Kier alpha value is -1.37. The molecule has 22 heavy (non-hydrogen) atoms. The van der Waals surface area contributed by atoms with Crippen molar-refractivity contribution in [2.24, 2.45) is 0 Å². The highest BCUT2D eigenvalue weighted by Crippen LogP contribution is 2.42. The number of hydrogen-bond acceptors (Lipinski definition) is 4. The monoisotopic (exact) mass is 300 g/mol. The molecule has 1 saturated heterocycles. The van der Waals surface area contributed by atoms with Crippen molar-refractivity contribution in [3.63, 3.8) is 0 Å². The van der Waals surface area contributed by atoms with E-state index in [4.69, 9.17) is 4.74 Å². The summed E-state index contributed by atoms with van der Waals surface area (Å²) in [6.07, 6.45) is 7.17. The zero-order chi connectivity index (χ0) is 15.3. The molecule has 1 saturated carbocycles. The summed E-state index contributed by atoms with van der Waals surface area (Å²) in [5.41, 5.74) is 3.80. The van der Waals surface area contributed by atoms with E-state index in [0.29, 0.717) is 11.4 Å². The van der Waals surface area contributed by atoms with Gasteiger partial charge >= 0.3 is 7.12 Å². The average molecular weight is 300 g/mol. The van der Waals surface area contributed by atoms with E-state index >= 15 is 0 Å². The summed E-state index contributed by atoms with van der Waals surface area (Å²) in [4.78, 5) is 0. The molecule has 0 spiro atoms. The first-order chi connectivity index (χ1) is 10.7. The Labute approximate surface area is 130 Å². The molecule has 1 atom stereocenters. The van der Waals surface area contributed by atoms with Crippen molar-refractivity contribution in [1.29, 1.82) is 0 Å². The van der Waals surface area contributed by atoms with Gasteiger partial charge in [-0.25, -0.2) is 4.68 Å². The molecule has 1 aliphatic heterocycles. The fourth-order valence-corrected chi connectivity index (χ4v) is 3.70. The smallest absolute Gasteiger partial charge is 0.423 e. The largest absolute Gasteiger partial charge is 0.489 e. The Kier molecular flexibility index (Phi) is 3.48. The van der Waals surface area contributed by atoms with Gasteiger partial charge in [0.15, 0.2) is 6.23 Å². The van der Waals surface area contributed by atoms with Crippen LogP contribution in [0.15, 0.2) is 12.3 Å². The molecule has 116 valence electrons. The SMILES string of the molecule is Cc1cc2c(cnn2C2CCCCO2)c(B(O)O)c1C1CC1. The predicted molar refractivity (Wildman–Crippen MR) is 85.1 cm³/mol. The summed E-state index contributed by atoms with van der Waals surface area (Å²) in [5.74, 6) is 0.468. The maximum atomic E-state index is 9.91. The van der Waals surface area contributed by atoms with Gasteiger partial charge in [0.2, 0.25) is 0 Å². The molecule has 2 N–H and O–H groups in total. The van der Waals surface area contributed by atoms with Crippen molar-refractivity contribution in [1.82, 2.24) is 9.78 Å². The van der Waals surface area contributed by atoms with Crippen LogP contribution in [0.3, 0.4) is 0 Å². The highest BCUT2D eigenvalue weighted by molar-refractivity contribution is 6.62. The minimum Gasteiger partial charge on any atom is -0.423 e. The lowest BCUT2D eigenvalue weighted by Gasteiger charge is -2.24. The number of aryl methyl sites for hydroxylation is 1. The van der Waals surface area contributed by atoms with Crippen LogP contribution in [-0.4, -0.2) is 33.6 Å². The van der Waals surface area contributed by atoms with Gasteiger partial charge in [-0.15, -0.1) is 0 Å². The summed E-state index contributed by atoms with van der Waals surface area (Å²) in [6.45, 7) is 2.82. The Morgan fingerprint density at radius 1 is 1.27 bits per heavy atom.